The van der Waals surface area contributed by atoms with E-state index in [-0.39, 0.29) is 18.0 Å². The average molecular weight is 316 g/mol. The van der Waals surface area contributed by atoms with Gasteiger partial charge in [0, 0.05) is 36.9 Å². The molecular formula is C16H20N4O3. The lowest BCUT2D eigenvalue weighted by molar-refractivity contribution is -0.116. The van der Waals surface area contributed by atoms with Gasteiger partial charge in [0.1, 0.15) is 12.4 Å². The number of ether oxygens (including phenoxy) is 1. The molecule has 2 aromatic heterocycles. The molecule has 7 nitrogen and oxygen atoms in total. The van der Waals surface area contributed by atoms with Gasteiger partial charge in [-0.05, 0) is 19.4 Å². The topological polar surface area (TPSA) is 78.2 Å². The molecule has 3 rings (SSSR count). The van der Waals surface area contributed by atoms with E-state index in [1.54, 1.807) is 42.2 Å². The summed E-state index contributed by atoms with van der Waals surface area (Å²) in [6.45, 7) is 3.94. The fourth-order valence-corrected chi connectivity index (χ4v) is 2.67. The van der Waals surface area contributed by atoms with E-state index in [2.05, 4.69) is 10.4 Å². The minimum atomic E-state index is -0.248. The molecule has 1 unspecified atom stereocenters. The second-order valence-corrected chi connectivity index (χ2v) is 5.80. The Morgan fingerprint density at radius 2 is 2.35 bits per heavy atom. The molecule has 7 heteroatoms. The summed E-state index contributed by atoms with van der Waals surface area (Å²) in [5, 5.41) is 7.07. The van der Waals surface area contributed by atoms with Gasteiger partial charge in [-0.2, -0.15) is 5.10 Å². The summed E-state index contributed by atoms with van der Waals surface area (Å²) in [5.74, 6) is 0.815. The summed E-state index contributed by atoms with van der Waals surface area (Å²) in [5.41, 5.74) is 0.464. The van der Waals surface area contributed by atoms with Crippen molar-refractivity contribution in [3.63, 3.8) is 0 Å². The second kappa shape index (κ2) is 6.78. The van der Waals surface area contributed by atoms with E-state index in [4.69, 9.17) is 4.74 Å². The number of carbonyl (C=O) groups is 1. The maximum atomic E-state index is 12.2. The Balaban J connectivity index is 1.65. The molecule has 0 bridgehead atoms. The molecule has 2 aromatic rings. The van der Waals surface area contributed by atoms with Gasteiger partial charge in [-0.1, -0.05) is 6.07 Å². The van der Waals surface area contributed by atoms with E-state index in [0.29, 0.717) is 23.8 Å². The number of amides is 1. The first kappa shape index (κ1) is 15.5. The van der Waals surface area contributed by atoms with Crippen molar-refractivity contribution >= 4 is 11.7 Å². The van der Waals surface area contributed by atoms with Crippen LogP contribution >= 0.6 is 0 Å². The van der Waals surface area contributed by atoms with Gasteiger partial charge in [0.15, 0.2) is 0 Å². The predicted octanol–water partition coefficient (Wildman–Crippen LogP) is 1.03. The van der Waals surface area contributed by atoms with Gasteiger partial charge < -0.3 is 14.6 Å². The van der Waals surface area contributed by atoms with Crippen LogP contribution in [0.15, 0.2) is 35.4 Å². The molecule has 3 heterocycles. The van der Waals surface area contributed by atoms with Gasteiger partial charge >= 0.3 is 0 Å². The Bertz CT molecular complexity index is 744. The third-order valence-electron chi connectivity index (χ3n) is 3.96. The van der Waals surface area contributed by atoms with E-state index in [0.717, 1.165) is 19.6 Å². The van der Waals surface area contributed by atoms with E-state index in [1.807, 2.05) is 0 Å². The first-order valence-corrected chi connectivity index (χ1v) is 7.69. The average Bonchev–Trinajstić information content (AvgIpc) is 3.17. The fourth-order valence-electron chi connectivity index (χ4n) is 2.67. The zero-order valence-electron chi connectivity index (χ0n) is 13.1. The van der Waals surface area contributed by atoms with Crippen molar-refractivity contribution in [3.8, 4) is 0 Å². The van der Waals surface area contributed by atoms with Crippen molar-refractivity contribution in [1.29, 1.82) is 0 Å². The van der Waals surface area contributed by atoms with Gasteiger partial charge in [-0.3, -0.25) is 9.59 Å². The lowest BCUT2D eigenvalue weighted by Crippen LogP contribution is -2.29. The van der Waals surface area contributed by atoms with Crippen LogP contribution in [0.1, 0.15) is 12.0 Å². The zero-order chi connectivity index (χ0) is 16.2. The van der Waals surface area contributed by atoms with Gasteiger partial charge in [-0.25, -0.2) is 4.68 Å². The molecule has 1 aliphatic rings. The van der Waals surface area contributed by atoms with Crippen LogP contribution in [-0.2, 0) is 22.6 Å². The monoisotopic (exact) mass is 316 g/mol. The molecule has 0 radical (unpaired) electrons. The summed E-state index contributed by atoms with van der Waals surface area (Å²) >= 11 is 0. The second-order valence-electron chi connectivity index (χ2n) is 5.80. The van der Waals surface area contributed by atoms with Crippen molar-refractivity contribution in [2.75, 3.05) is 18.5 Å². The van der Waals surface area contributed by atoms with Gasteiger partial charge in [0.25, 0.3) is 5.56 Å². The molecule has 1 saturated heterocycles. The highest BCUT2D eigenvalue weighted by molar-refractivity contribution is 5.89. The summed E-state index contributed by atoms with van der Waals surface area (Å²) in [4.78, 5) is 24.2. The standard InChI is InChI=1S/C16H20N4O3/c1-12-3-2-7-19(16(12)22)10-15(21)18-14-4-6-17-20(14)9-13-5-8-23-11-13/h2-4,6-7,13H,5,8-11H2,1H3,(H,18,21). The lowest BCUT2D eigenvalue weighted by atomic mass is 10.1. The first-order chi connectivity index (χ1) is 11.1. The van der Waals surface area contributed by atoms with E-state index >= 15 is 0 Å². The highest BCUT2D eigenvalue weighted by Gasteiger charge is 2.18. The Morgan fingerprint density at radius 3 is 3.13 bits per heavy atom. The predicted molar refractivity (Wildman–Crippen MR) is 85.2 cm³/mol. The highest BCUT2D eigenvalue weighted by Crippen LogP contribution is 2.17. The quantitative estimate of drug-likeness (QED) is 0.893. The number of anilines is 1. The fraction of sp³-hybridized carbons (Fsp3) is 0.438. The van der Waals surface area contributed by atoms with Crippen LogP contribution in [0.2, 0.25) is 0 Å². The Hall–Kier alpha value is -2.41. The Kier molecular flexibility index (Phi) is 4.57. The Labute approximate surface area is 133 Å². The molecule has 1 fully saturated rings. The molecule has 0 spiro atoms. The zero-order valence-corrected chi connectivity index (χ0v) is 13.1. The van der Waals surface area contributed by atoms with Gasteiger partial charge in [-0.15, -0.1) is 0 Å². The van der Waals surface area contributed by atoms with Crippen LogP contribution < -0.4 is 10.9 Å². The first-order valence-electron chi connectivity index (χ1n) is 7.69. The molecule has 0 aromatic carbocycles. The minimum absolute atomic E-state index is 0.0156. The molecule has 0 aliphatic carbocycles. The molecule has 1 N–H and O–H groups in total. The summed E-state index contributed by atoms with van der Waals surface area (Å²) in [6.07, 6.45) is 4.28. The number of rotatable bonds is 5. The number of nitrogens with zero attached hydrogens (tertiary/aromatic N) is 3. The normalized spacial score (nSPS) is 17.3. The number of aryl methyl sites for hydroxylation is 1. The summed E-state index contributed by atoms with van der Waals surface area (Å²) in [7, 11) is 0. The molecule has 0 saturated carbocycles. The molecule has 23 heavy (non-hydrogen) atoms. The van der Waals surface area contributed by atoms with Crippen LogP contribution in [0.25, 0.3) is 0 Å². The maximum absolute atomic E-state index is 12.2. The molecule has 1 atom stereocenters. The smallest absolute Gasteiger partial charge is 0.253 e. The SMILES string of the molecule is Cc1cccn(CC(=O)Nc2ccnn2CC2CCOC2)c1=O. The third kappa shape index (κ3) is 3.68. The number of hydrogen-bond donors (Lipinski definition) is 1. The summed E-state index contributed by atoms with van der Waals surface area (Å²) < 4.78 is 8.54. The van der Waals surface area contributed by atoms with Crippen molar-refractivity contribution in [3.05, 3.63) is 46.5 Å². The van der Waals surface area contributed by atoms with Crippen molar-refractivity contribution in [2.24, 2.45) is 5.92 Å². The molecule has 122 valence electrons. The van der Waals surface area contributed by atoms with Crippen LogP contribution in [0.5, 0.6) is 0 Å². The largest absolute Gasteiger partial charge is 0.381 e. The van der Waals surface area contributed by atoms with Gasteiger partial charge in [0.2, 0.25) is 5.91 Å². The number of aromatic nitrogens is 3. The van der Waals surface area contributed by atoms with Crippen LogP contribution in [0.3, 0.4) is 0 Å². The van der Waals surface area contributed by atoms with Crippen LogP contribution in [-0.4, -0.2) is 33.5 Å². The summed E-state index contributed by atoms with van der Waals surface area (Å²) in [6, 6.07) is 5.25. The van der Waals surface area contributed by atoms with E-state index in [9.17, 15) is 9.59 Å². The third-order valence-corrected chi connectivity index (χ3v) is 3.96. The molecule has 1 amide bonds. The van der Waals surface area contributed by atoms with Crippen molar-refractivity contribution in [1.82, 2.24) is 14.3 Å². The number of nitrogens with one attached hydrogen (secondary N) is 1. The number of hydrogen-bond acceptors (Lipinski definition) is 4. The minimum Gasteiger partial charge on any atom is -0.381 e. The van der Waals surface area contributed by atoms with E-state index < -0.39 is 0 Å². The van der Waals surface area contributed by atoms with Crippen LogP contribution in [0, 0.1) is 12.8 Å². The van der Waals surface area contributed by atoms with E-state index in [1.165, 1.54) is 4.57 Å². The molecular weight excluding hydrogens is 296 g/mol. The Morgan fingerprint density at radius 1 is 1.48 bits per heavy atom. The number of carbonyl (C=O) groups excluding carboxylic acids is 1. The molecule has 1 aliphatic heterocycles. The highest BCUT2D eigenvalue weighted by atomic mass is 16.5. The van der Waals surface area contributed by atoms with Crippen molar-refractivity contribution < 1.29 is 9.53 Å². The maximum Gasteiger partial charge on any atom is 0.253 e. The van der Waals surface area contributed by atoms with Crippen molar-refractivity contribution in [2.45, 2.75) is 26.4 Å². The number of pyridine rings is 1. The van der Waals surface area contributed by atoms with Crippen LogP contribution in [0.4, 0.5) is 5.82 Å². The lowest BCUT2D eigenvalue weighted by Gasteiger charge is -2.12. The van der Waals surface area contributed by atoms with Gasteiger partial charge in [0.05, 0.1) is 12.8 Å².